The van der Waals surface area contributed by atoms with Crippen LogP contribution in [0.25, 0.3) is 0 Å². The van der Waals surface area contributed by atoms with Crippen LogP contribution in [0.3, 0.4) is 0 Å². The van der Waals surface area contributed by atoms with Crippen molar-refractivity contribution in [1.29, 1.82) is 0 Å². The molecule has 0 N–H and O–H groups in total. The topological polar surface area (TPSA) is 36.0 Å². The molecule has 0 saturated carbocycles. The van der Waals surface area contributed by atoms with Crippen molar-refractivity contribution in [3.05, 3.63) is 11.6 Å². The molecular formula is C23H41N3O2. The van der Waals surface area contributed by atoms with Gasteiger partial charge in [0.1, 0.15) is 0 Å². The average molecular weight is 392 g/mol. The van der Waals surface area contributed by atoms with Crippen molar-refractivity contribution in [1.82, 2.24) is 14.7 Å². The second kappa shape index (κ2) is 11.3. The Morgan fingerprint density at radius 2 is 1.96 bits per heavy atom. The molecule has 0 spiro atoms. The van der Waals surface area contributed by atoms with E-state index >= 15 is 0 Å². The summed E-state index contributed by atoms with van der Waals surface area (Å²) in [5.41, 5.74) is 1.09. The molecule has 28 heavy (non-hydrogen) atoms. The van der Waals surface area contributed by atoms with E-state index in [0.717, 1.165) is 64.3 Å². The monoisotopic (exact) mass is 391 g/mol. The SMILES string of the molecule is CCN1CCC[C@H]1CN(CC1CCN(CCOC)CC1)C(=O)C1=CCCCC1. The molecule has 0 radical (unpaired) electrons. The molecule has 3 rings (SSSR count). The quantitative estimate of drug-likeness (QED) is 0.605. The number of piperidine rings is 1. The largest absolute Gasteiger partial charge is 0.383 e. The van der Waals surface area contributed by atoms with Crippen molar-refractivity contribution in [3.8, 4) is 0 Å². The summed E-state index contributed by atoms with van der Waals surface area (Å²) in [6.07, 6.45) is 11.6. The number of likely N-dealkylation sites (tertiary alicyclic amines) is 2. The van der Waals surface area contributed by atoms with Crippen molar-refractivity contribution in [2.24, 2.45) is 5.92 Å². The van der Waals surface area contributed by atoms with Gasteiger partial charge < -0.3 is 14.5 Å². The molecule has 3 aliphatic rings. The first-order valence-corrected chi connectivity index (χ1v) is 11.6. The van der Waals surface area contributed by atoms with E-state index in [0.29, 0.717) is 17.9 Å². The van der Waals surface area contributed by atoms with Crippen LogP contribution in [0.4, 0.5) is 0 Å². The van der Waals surface area contributed by atoms with E-state index < -0.39 is 0 Å². The summed E-state index contributed by atoms with van der Waals surface area (Å²) in [4.78, 5) is 20.7. The van der Waals surface area contributed by atoms with Gasteiger partial charge in [-0.1, -0.05) is 13.0 Å². The molecule has 0 unspecified atom stereocenters. The van der Waals surface area contributed by atoms with Crippen LogP contribution in [0.2, 0.25) is 0 Å². The standard InChI is InChI=1S/C23H41N3O2/c1-3-25-13-7-10-22(25)19-26(23(27)21-8-5-4-6-9-21)18-20-11-14-24(15-12-20)16-17-28-2/h8,20,22H,3-7,9-19H2,1-2H3/t22-/m0/s1. The summed E-state index contributed by atoms with van der Waals surface area (Å²) in [5, 5.41) is 0. The molecule has 0 aromatic carbocycles. The fourth-order valence-corrected chi connectivity index (χ4v) is 5.17. The van der Waals surface area contributed by atoms with Gasteiger partial charge in [0.15, 0.2) is 0 Å². The van der Waals surface area contributed by atoms with Crippen LogP contribution in [0, 0.1) is 5.92 Å². The van der Waals surface area contributed by atoms with Gasteiger partial charge in [-0.15, -0.1) is 0 Å². The molecule has 1 aliphatic carbocycles. The Bertz CT molecular complexity index is 514. The molecule has 5 heteroatoms. The van der Waals surface area contributed by atoms with Crippen molar-refractivity contribution < 1.29 is 9.53 Å². The summed E-state index contributed by atoms with van der Waals surface area (Å²) < 4.78 is 5.22. The van der Waals surface area contributed by atoms with Gasteiger partial charge >= 0.3 is 0 Å². The van der Waals surface area contributed by atoms with Crippen molar-refractivity contribution in [2.75, 3.05) is 59.5 Å². The fourth-order valence-electron chi connectivity index (χ4n) is 5.17. The van der Waals surface area contributed by atoms with E-state index in [2.05, 4.69) is 27.7 Å². The highest BCUT2D eigenvalue weighted by Crippen LogP contribution is 2.25. The molecule has 0 aromatic rings. The Morgan fingerprint density at radius 1 is 1.14 bits per heavy atom. The van der Waals surface area contributed by atoms with Crippen molar-refractivity contribution >= 4 is 5.91 Å². The summed E-state index contributed by atoms with van der Waals surface area (Å²) in [6.45, 7) is 10.6. The van der Waals surface area contributed by atoms with E-state index in [9.17, 15) is 4.79 Å². The molecular weight excluding hydrogens is 350 g/mol. The van der Waals surface area contributed by atoms with Gasteiger partial charge in [-0.05, 0) is 83.5 Å². The maximum absolute atomic E-state index is 13.4. The molecule has 5 nitrogen and oxygen atoms in total. The second-order valence-corrected chi connectivity index (χ2v) is 8.89. The predicted molar refractivity (Wildman–Crippen MR) is 114 cm³/mol. The Kier molecular flexibility index (Phi) is 8.81. The molecule has 2 heterocycles. The third-order valence-corrected chi connectivity index (χ3v) is 6.99. The first-order chi connectivity index (χ1) is 13.7. The zero-order chi connectivity index (χ0) is 19.8. The van der Waals surface area contributed by atoms with Crippen LogP contribution in [0.5, 0.6) is 0 Å². The van der Waals surface area contributed by atoms with Gasteiger partial charge in [0.05, 0.1) is 6.61 Å². The normalized spacial score (nSPS) is 25.1. The number of methoxy groups -OCH3 is 1. The number of nitrogens with zero attached hydrogens (tertiary/aromatic N) is 3. The lowest BCUT2D eigenvalue weighted by atomic mass is 9.94. The van der Waals surface area contributed by atoms with Crippen LogP contribution >= 0.6 is 0 Å². The molecule has 1 atom stereocenters. The van der Waals surface area contributed by atoms with Gasteiger partial charge in [-0.3, -0.25) is 9.69 Å². The van der Waals surface area contributed by atoms with E-state index in [-0.39, 0.29) is 0 Å². The number of carbonyl (C=O) groups is 1. The Hall–Kier alpha value is -0.910. The van der Waals surface area contributed by atoms with Crippen LogP contribution < -0.4 is 0 Å². The van der Waals surface area contributed by atoms with Crippen LogP contribution in [-0.2, 0) is 9.53 Å². The molecule has 1 amide bonds. The Morgan fingerprint density at radius 3 is 2.64 bits per heavy atom. The maximum atomic E-state index is 13.4. The summed E-state index contributed by atoms with van der Waals surface area (Å²) in [6, 6.07) is 0.555. The zero-order valence-electron chi connectivity index (χ0n) is 18.2. The molecule has 0 aromatic heterocycles. The number of hydrogen-bond donors (Lipinski definition) is 0. The van der Waals surface area contributed by atoms with Gasteiger partial charge in [0.2, 0.25) is 5.91 Å². The number of likely N-dealkylation sites (N-methyl/N-ethyl adjacent to an activating group) is 1. The predicted octanol–water partition coefficient (Wildman–Crippen LogP) is 3.16. The zero-order valence-corrected chi connectivity index (χ0v) is 18.2. The highest BCUT2D eigenvalue weighted by molar-refractivity contribution is 5.93. The number of carbonyl (C=O) groups excluding carboxylic acids is 1. The number of ether oxygens (including phenoxy) is 1. The first-order valence-electron chi connectivity index (χ1n) is 11.6. The van der Waals surface area contributed by atoms with Crippen molar-refractivity contribution in [2.45, 2.75) is 64.3 Å². The average Bonchev–Trinajstić information content (AvgIpc) is 3.20. The summed E-state index contributed by atoms with van der Waals surface area (Å²) in [7, 11) is 1.78. The summed E-state index contributed by atoms with van der Waals surface area (Å²) >= 11 is 0. The van der Waals surface area contributed by atoms with E-state index in [1.54, 1.807) is 7.11 Å². The highest BCUT2D eigenvalue weighted by atomic mass is 16.5. The highest BCUT2D eigenvalue weighted by Gasteiger charge is 2.30. The van der Waals surface area contributed by atoms with Gasteiger partial charge in [0, 0.05) is 38.4 Å². The lowest BCUT2D eigenvalue weighted by Gasteiger charge is -2.37. The number of rotatable bonds is 9. The third-order valence-electron chi connectivity index (χ3n) is 6.99. The Labute approximate surface area is 172 Å². The minimum atomic E-state index is 0.337. The number of allylic oxidation sites excluding steroid dienone is 1. The van der Waals surface area contributed by atoms with Gasteiger partial charge in [-0.25, -0.2) is 0 Å². The van der Waals surface area contributed by atoms with E-state index in [4.69, 9.17) is 4.74 Å². The van der Waals surface area contributed by atoms with Crippen LogP contribution in [0.15, 0.2) is 11.6 Å². The molecule has 2 fully saturated rings. The second-order valence-electron chi connectivity index (χ2n) is 8.89. The first kappa shape index (κ1) is 21.8. The molecule has 2 aliphatic heterocycles. The smallest absolute Gasteiger partial charge is 0.249 e. The van der Waals surface area contributed by atoms with Gasteiger partial charge in [-0.2, -0.15) is 0 Å². The number of amides is 1. The van der Waals surface area contributed by atoms with Gasteiger partial charge in [0.25, 0.3) is 0 Å². The third kappa shape index (κ3) is 6.04. The summed E-state index contributed by atoms with van der Waals surface area (Å²) in [5.74, 6) is 0.980. The minimum Gasteiger partial charge on any atom is -0.383 e. The maximum Gasteiger partial charge on any atom is 0.249 e. The molecule has 2 saturated heterocycles. The van der Waals surface area contributed by atoms with E-state index in [1.165, 1.54) is 45.1 Å². The molecule has 160 valence electrons. The van der Waals surface area contributed by atoms with Crippen LogP contribution in [0.1, 0.15) is 58.3 Å². The Balaban J connectivity index is 1.59. The molecule has 0 bridgehead atoms. The number of hydrogen-bond acceptors (Lipinski definition) is 4. The van der Waals surface area contributed by atoms with Crippen LogP contribution in [-0.4, -0.2) is 86.2 Å². The minimum absolute atomic E-state index is 0.337. The van der Waals surface area contributed by atoms with E-state index in [1.807, 2.05) is 0 Å². The van der Waals surface area contributed by atoms with Crippen molar-refractivity contribution in [3.63, 3.8) is 0 Å². The lowest BCUT2D eigenvalue weighted by molar-refractivity contribution is -0.129. The lowest BCUT2D eigenvalue weighted by Crippen LogP contribution is -2.47. The fraction of sp³-hybridized carbons (Fsp3) is 0.870.